The number of anilines is 1. The summed E-state index contributed by atoms with van der Waals surface area (Å²) in [5.41, 5.74) is 1.06. The number of carbonyl (C=O) groups is 1. The lowest BCUT2D eigenvalue weighted by atomic mass is 10.2. The third kappa shape index (κ3) is 3.75. The average Bonchev–Trinajstić information content (AvgIpc) is 3.36. The highest BCUT2D eigenvalue weighted by molar-refractivity contribution is 5.85. The third-order valence-corrected chi connectivity index (χ3v) is 3.57. The monoisotopic (exact) mass is 298 g/mol. The lowest BCUT2D eigenvalue weighted by Gasteiger charge is -2.12. The Morgan fingerprint density at radius 1 is 1.23 bits per heavy atom. The zero-order chi connectivity index (χ0) is 15.4. The predicted octanol–water partition coefficient (Wildman–Crippen LogP) is 3.18. The highest BCUT2D eigenvalue weighted by Gasteiger charge is 2.22. The number of nitrogens with zero attached hydrogens (tertiary/aromatic N) is 1. The van der Waals surface area contributed by atoms with Crippen molar-refractivity contribution in [1.29, 1.82) is 0 Å². The summed E-state index contributed by atoms with van der Waals surface area (Å²) in [6, 6.07) is 12.8. The van der Waals surface area contributed by atoms with E-state index in [0.29, 0.717) is 18.3 Å². The van der Waals surface area contributed by atoms with Gasteiger partial charge in [0.1, 0.15) is 11.6 Å². The molecule has 0 atom stereocenters. The van der Waals surface area contributed by atoms with Gasteiger partial charge in [-0.1, -0.05) is 24.3 Å². The van der Waals surface area contributed by atoms with E-state index in [1.165, 1.54) is 18.9 Å². The van der Waals surface area contributed by atoms with Crippen molar-refractivity contribution >= 4 is 11.8 Å². The smallest absolute Gasteiger partial charge is 0.354 e. The van der Waals surface area contributed by atoms with Crippen molar-refractivity contribution in [2.45, 2.75) is 19.4 Å². The van der Waals surface area contributed by atoms with Crippen LogP contribution in [0.4, 0.5) is 5.82 Å². The molecule has 1 aromatic heterocycles. The first-order valence-electron chi connectivity index (χ1n) is 7.37. The van der Waals surface area contributed by atoms with Crippen LogP contribution >= 0.6 is 0 Å². The molecule has 0 spiro atoms. The number of ether oxygens (including phenoxy) is 1. The van der Waals surface area contributed by atoms with E-state index in [4.69, 9.17) is 9.84 Å². The van der Waals surface area contributed by atoms with E-state index in [0.717, 1.165) is 17.9 Å². The second-order valence-corrected chi connectivity index (χ2v) is 5.43. The molecule has 1 aromatic carbocycles. The number of carboxylic acids is 1. The van der Waals surface area contributed by atoms with E-state index >= 15 is 0 Å². The van der Waals surface area contributed by atoms with Gasteiger partial charge in [0.15, 0.2) is 5.69 Å². The Balaban J connectivity index is 1.65. The predicted molar refractivity (Wildman–Crippen MR) is 83.2 cm³/mol. The summed E-state index contributed by atoms with van der Waals surface area (Å²) in [4.78, 5) is 15.0. The summed E-state index contributed by atoms with van der Waals surface area (Å²) in [5, 5.41) is 12.1. The van der Waals surface area contributed by atoms with Gasteiger partial charge in [-0.25, -0.2) is 9.78 Å². The van der Waals surface area contributed by atoms with Crippen LogP contribution in [0.2, 0.25) is 0 Å². The van der Waals surface area contributed by atoms with Crippen LogP contribution in [0.15, 0.2) is 42.5 Å². The first-order chi connectivity index (χ1) is 10.7. The molecular weight excluding hydrogens is 280 g/mol. The van der Waals surface area contributed by atoms with Crippen molar-refractivity contribution in [3.05, 3.63) is 53.7 Å². The number of nitrogens with one attached hydrogen (secondary N) is 1. The molecule has 1 saturated carbocycles. The number of para-hydroxylation sites is 1. The molecule has 22 heavy (non-hydrogen) atoms. The van der Waals surface area contributed by atoms with Gasteiger partial charge in [-0.3, -0.25) is 0 Å². The van der Waals surface area contributed by atoms with E-state index in [9.17, 15) is 4.79 Å². The molecular formula is C17H18N2O3. The Morgan fingerprint density at radius 3 is 2.82 bits per heavy atom. The number of rotatable bonds is 7. The van der Waals surface area contributed by atoms with Gasteiger partial charge in [0.05, 0.1) is 6.61 Å². The van der Waals surface area contributed by atoms with Gasteiger partial charge in [0, 0.05) is 12.1 Å². The quantitative estimate of drug-likeness (QED) is 0.821. The lowest BCUT2D eigenvalue weighted by Crippen LogP contribution is -2.07. The van der Waals surface area contributed by atoms with Crippen LogP contribution in [-0.4, -0.2) is 22.7 Å². The standard InChI is InChI=1S/C17H18N2O3/c20-17(21)14-5-3-7-16(19-14)18-10-13-4-1-2-6-15(13)22-11-12-8-9-12/h1-7,12H,8-11H2,(H,18,19)(H,20,21). The minimum absolute atomic E-state index is 0.0308. The van der Waals surface area contributed by atoms with E-state index in [2.05, 4.69) is 10.3 Å². The van der Waals surface area contributed by atoms with Crippen LogP contribution in [0.3, 0.4) is 0 Å². The number of benzene rings is 1. The molecule has 5 heteroatoms. The molecule has 0 saturated heterocycles. The summed E-state index contributed by atoms with van der Waals surface area (Å²) in [6.45, 7) is 1.31. The van der Waals surface area contributed by atoms with Crippen molar-refractivity contribution in [3.8, 4) is 5.75 Å². The Morgan fingerprint density at radius 2 is 2.05 bits per heavy atom. The molecule has 0 aliphatic heterocycles. The Hall–Kier alpha value is -2.56. The van der Waals surface area contributed by atoms with Gasteiger partial charge < -0.3 is 15.2 Å². The molecule has 2 N–H and O–H groups in total. The molecule has 1 heterocycles. The van der Waals surface area contributed by atoms with Crippen LogP contribution in [-0.2, 0) is 6.54 Å². The highest BCUT2D eigenvalue weighted by atomic mass is 16.5. The first-order valence-corrected chi connectivity index (χ1v) is 7.37. The van der Waals surface area contributed by atoms with E-state index in [-0.39, 0.29) is 5.69 Å². The minimum atomic E-state index is -1.03. The highest BCUT2D eigenvalue weighted by Crippen LogP contribution is 2.30. The maximum absolute atomic E-state index is 10.9. The Kier molecular flexibility index (Phi) is 4.23. The molecule has 0 amide bonds. The topological polar surface area (TPSA) is 71.5 Å². The van der Waals surface area contributed by atoms with Crippen molar-refractivity contribution in [2.24, 2.45) is 5.92 Å². The van der Waals surface area contributed by atoms with Crippen LogP contribution in [0.25, 0.3) is 0 Å². The van der Waals surface area contributed by atoms with Crippen LogP contribution < -0.4 is 10.1 Å². The van der Waals surface area contributed by atoms with Gasteiger partial charge >= 0.3 is 5.97 Å². The number of aromatic nitrogens is 1. The maximum Gasteiger partial charge on any atom is 0.354 e. The van der Waals surface area contributed by atoms with E-state index < -0.39 is 5.97 Å². The fourth-order valence-electron chi connectivity index (χ4n) is 2.12. The van der Waals surface area contributed by atoms with Crippen LogP contribution in [0.1, 0.15) is 28.9 Å². The van der Waals surface area contributed by atoms with Crippen molar-refractivity contribution in [3.63, 3.8) is 0 Å². The summed E-state index contributed by atoms with van der Waals surface area (Å²) in [7, 11) is 0. The number of pyridine rings is 1. The fraction of sp³-hybridized carbons (Fsp3) is 0.294. The number of hydrogen-bond acceptors (Lipinski definition) is 4. The normalized spacial score (nSPS) is 13.6. The van der Waals surface area contributed by atoms with E-state index in [1.807, 2.05) is 24.3 Å². The Labute approximate surface area is 129 Å². The molecule has 114 valence electrons. The minimum Gasteiger partial charge on any atom is -0.493 e. The summed E-state index contributed by atoms with van der Waals surface area (Å²) < 4.78 is 5.86. The molecule has 1 fully saturated rings. The van der Waals surface area contributed by atoms with Gasteiger partial charge in [0.2, 0.25) is 0 Å². The number of hydrogen-bond donors (Lipinski definition) is 2. The number of aromatic carboxylic acids is 1. The molecule has 2 aromatic rings. The second-order valence-electron chi connectivity index (χ2n) is 5.43. The molecule has 0 unspecified atom stereocenters. The summed E-state index contributed by atoms with van der Waals surface area (Å²) >= 11 is 0. The molecule has 1 aliphatic carbocycles. The maximum atomic E-state index is 10.9. The van der Waals surface area contributed by atoms with Gasteiger partial charge in [-0.2, -0.15) is 0 Å². The second kappa shape index (κ2) is 6.47. The molecule has 0 bridgehead atoms. The largest absolute Gasteiger partial charge is 0.493 e. The lowest BCUT2D eigenvalue weighted by molar-refractivity contribution is 0.0690. The zero-order valence-electron chi connectivity index (χ0n) is 12.2. The Bertz CT molecular complexity index is 668. The van der Waals surface area contributed by atoms with Crippen molar-refractivity contribution in [1.82, 2.24) is 4.98 Å². The van der Waals surface area contributed by atoms with Gasteiger partial charge in [-0.15, -0.1) is 0 Å². The molecule has 1 aliphatic rings. The van der Waals surface area contributed by atoms with Crippen LogP contribution in [0, 0.1) is 5.92 Å². The molecule has 0 radical (unpaired) electrons. The van der Waals surface area contributed by atoms with Gasteiger partial charge in [0.25, 0.3) is 0 Å². The zero-order valence-corrected chi connectivity index (χ0v) is 12.2. The fourth-order valence-corrected chi connectivity index (χ4v) is 2.12. The first kappa shape index (κ1) is 14.4. The van der Waals surface area contributed by atoms with Gasteiger partial charge in [-0.05, 0) is 37.0 Å². The number of carboxylic acid groups (broad SMARTS) is 1. The molecule has 5 nitrogen and oxygen atoms in total. The van der Waals surface area contributed by atoms with Crippen molar-refractivity contribution < 1.29 is 14.6 Å². The third-order valence-electron chi connectivity index (χ3n) is 3.57. The van der Waals surface area contributed by atoms with E-state index in [1.54, 1.807) is 12.1 Å². The average molecular weight is 298 g/mol. The van der Waals surface area contributed by atoms with Crippen molar-refractivity contribution in [2.75, 3.05) is 11.9 Å². The summed E-state index contributed by atoms with van der Waals surface area (Å²) in [6.07, 6.45) is 2.51. The van der Waals surface area contributed by atoms with Crippen LogP contribution in [0.5, 0.6) is 5.75 Å². The SMILES string of the molecule is O=C(O)c1cccc(NCc2ccccc2OCC2CC2)n1. The summed E-state index contributed by atoms with van der Waals surface area (Å²) in [5.74, 6) is 1.08. The molecule has 3 rings (SSSR count).